The number of benzene rings is 1. The molecule has 2 heteroatoms. The Morgan fingerprint density at radius 1 is 1.00 bits per heavy atom. The molecule has 1 aromatic rings. The van der Waals surface area contributed by atoms with Crippen molar-refractivity contribution >= 4 is 0 Å². The quantitative estimate of drug-likeness (QED) is 0.512. The molecule has 2 rings (SSSR count). The maximum absolute atomic E-state index is 6.06. The molecular weight excluding hydrogens is 296 g/mol. The van der Waals surface area contributed by atoms with E-state index in [1.165, 1.54) is 31.2 Å². The Kier molecular flexibility index (Phi) is 7.61. The Hall–Kier alpha value is -1.02. The molecule has 0 spiro atoms. The Morgan fingerprint density at radius 2 is 1.62 bits per heavy atom. The third-order valence-electron chi connectivity index (χ3n) is 5.66. The number of hydrogen-bond acceptors (Lipinski definition) is 2. The van der Waals surface area contributed by atoms with Gasteiger partial charge in [-0.15, -0.1) is 0 Å². The number of rotatable bonds is 8. The highest BCUT2D eigenvalue weighted by Gasteiger charge is 2.20. The highest BCUT2D eigenvalue weighted by molar-refractivity contribution is 5.29. The largest absolute Gasteiger partial charge is 0.465 e. The van der Waals surface area contributed by atoms with Gasteiger partial charge in [0.15, 0.2) is 6.29 Å². The lowest BCUT2D eigenvalue weighted by Crippen LogP contribution is -2.25. The van der Waals surface area contributed by atoms with Gasteiger partial charge in [0.1, 0.15) is 5.75 Å². The van der Waals surface area contributed by atoms with E-state index in [2.05, 4.69) is 58.9 Å². The smallest absolute Gasteiger partial charge is 0.199 e. The topological polar surface area (TPSA) is 18.5 Å². The van der Waals surface area contributed by atoms with E-state index in [9.17, 15) is 0 Å². The minimum atomic E-state index is -0.127. The summed E-state index contributed by atoms with van der Waals surface area (Å²) in [6, 6.07) is 8.55. The van der Waals surface area contributed by atoms with Gasteiger partial charge in [-0.3, -0.25) is 0 Å². The molecule has 0 saturated heterocycles. The SMILES string of the molecule is CCC(OCC1CCC(C)CC1)Oc1ccc(C(C)C(C)C)cc1. The third kappa shape index (κ3) is 5.81. The second-order valence-corrected chi connectivity index (χ2v) is 8.02. The van der Waals surface area contributed by atoms with Crippen molar-refractivity contribution < 1.29 is 9.47 Å². The molecule has 0 amide bonds. The zero-order valence-corrected chi connectivity index (χ0v) is 16.3. The van der Waals surface area contributed by atoms with Crippen molar-refractivity contribution in [2.24, 2.45) is 17.8 Å². The van der Waals surface area contributed by atoms with E-state index < -0.39 is 0 Å². The maximum atomic E-state index is 6.06. The van der Waals surface area contributed by atoms with Gasteiger partial charge in [0.05, 0.1) is 6.61 Å². The lowest BCUT2D eigenvalue weighted by molar-refractivity contribution is -0.0966. The van der Waals surface area contributed by atoms with Gasteiger partial charge in [0, 0.05) is 6.42 Å². The van der Waals surface area contributed by atoms with E-state index >= 15 is 0 Å². The van der Waals surface area contributed by atoms with Crippen LogP contribution in [0.15, 0.2) is 24.3 Å². The van der Waals surface area contributed by atoms with Gasteiger partial charge in [-0.1, -0.05) is 59.6 Å². The molecule has 0 heterocycles. The molecule has 0 radical (unpaired) electrons. The molecule has 1 aromatic carbocycles. The lowest BCUT2D eigenvalue weighted by atomic mass is 9.83. The normalized spacial score (nSPS) is 23.9. The van der Waals surface area contributed by atoms with Crippen LogP contribution in [0.4, 0.5) is 0 Å². The molecule has 2 unspecified atom stereocenters. The lowest BCUT2D eigenvalue weighted by Gasteiger charge is -2.27. The van der Waals surface area contributed by atoms with Gasteiger partial charge in [0.25, 0.3) is 0 Å². The van der Waals surface area contributed by atoms with Gasteiger partial charge < -0.3 is 9.47 Å². The molecule has 2 atom stereocenters. The first-order valence-electron chi connectivity index (χ1n) is 9.87. The third-order valence-corrected chi connectivity index (χ3v) is 5.66. The maximum Gasteiger partial charge on any atom is 0.199 e. The summed E-state index contributed by atoms with van der Waals surface area (Å²) in [7, 11) is 0. The van der Waals surface area contributed by atoms with Crippen molar-refractivity contribution in [2.75, 3.05) is 6.61 Å². The summed E-state index contributed by atoms with van der Waals surface area (Å²) in [6.07, 6.45) is 6.06. The van der Waals surface area contributed by atoms with Crippen LogP contribution in [0.3, 0.4) is 0 Å². The summed E-state index contributed by atoms with van der Waals surface area (Å²) in [5.74, 6) is 3.76. The van der Waals surface area contributed by atoms with Crippen LogP contribution in [0.2, 0.25) is 0 Å². The highest BCUT2D eigenvalue weighted by Crippen LogP contribution is 2.29. The molecule has 1 aliphatic carbocycles. The van der Waals surface area contributed by atoms with Crippen molar-refractivity contribution in [3.8, 4) is 5.75 Å². The first kappa shape index (κ1) is 19.3. The average Bonchev–Trinajstić information content (AvgIpc) is 2.59. The molecule has 0 aromatic heterocycles. The van der Waals surface area contributed by atoms with Crippen LogP contribution in [-0.4, -0.2) is 12.9 Å². The summed E-state index contributed by atoms with van der Waals surface area (Å²) >= 11 is 0. The zero-order chi connectivity index (χ0) is 17.5. The predicted molar refractivity (Wildman–Crippen MR) is 101 cm³/mol. The Balaban J connectivity index is 1.81. The molecule has 1 saturated carbocycles. The van der Waals surface area contributed by atoms with Crippen molar-refractivity contribution in [3.05, 3.63) is 29.8 Å². The van der Waals surface area contributed by atoms with Crippen LogP contribution in [0, 0.1) is 17.8 Å². The van der Waals surface area contributed by atoms with Crippen LogP contribution >= 0.6 is 0 Å². The highest BCUT2D eigenvalue weighted by atomic mass is 16.7. The summed E-state index contributed by atoms with van der Waals surface area (Å²) in [5.41, 5.74) is 1.38. The molecule has 136 valence electrons. The fourth-order valence-corrected chi connectivity index (χ4v) is 3.36. The summed E-state index contributed by atoms with van der Waals surface area (Å²) in [6.45, 7) is 12.1. The van der Waals surface area contributed by atoms with E-state index in [1.54, 1.807) is 0 Å². The Bertz CT molecular complexity index is 457. The van der Waals surface area contributed by atoms with E-state index in [-0.39, 0.29) is 6.29 Å². The molecular formula is C22H36O2. The van der Waals surface area contributed by atoms with Crippen LogP contribution in [0.5, 0.6) is 5.75 Å². The van der Waals surface area contributed by atoms with E-state index in [4.69, 9.17) is 9.47 Å². The van der Waals surface area contributed by atoms with Gasteiger partial charge in [-0.2, -0.15) is 0 Å². The van der Waals surface area contributed by atoms with E-state index in [1.807, 2.05) is 0 Å². The molecule has 1 fully saturated rings. The van der Waals surface area contributed by atoms with Gasteiger partial charge in [-0.25, -0.2) is 0 Å². The zero-order valence-electron chi connectivity index (χ0n) is 16.3. The summed E-state index contributed by atoms with van der Waals surface area (Å²) < 4.78 is 12.1. The van der Waals surface area contributed by atoms with E-state index in [0.29, 0.717) is 17.8 Å². The molecule has 0 aliphatic heterocycles. The van der Waals surface area contributed by atoms with Crippen molar-refractivity contribution in [1.29, 1.82) is 0 Å². The predicted octanol–water partition coefficient (Wildman–Crippen LogP) is 6.40. The fraction of sp³-hybridized carbons (Fsp3) is 0.727. The van der Waals surface area contributed by atoms with Crippen LogP contribution in [0.1, 0.15) is 78.2 Å². The number of ether oxygens (including phenoxy) is 2. The van der Waals surface area contributed by atoms with Crippen molar-refractivity contribution in [1.82, 2.24) is 0 Å². The molecule has 2 nitrogen and oxygen atoms in total. The molecule has 0 bridgehead atoms. The minimum Gasteiger partial charge on any atom is -0.465 e. The summed E-state index contributed by atoms with van der Waals surface area (Å²) in [5, 5.41) is 0. The van der Waals surface area contributed by atoms with Gasteiger partial charge in [0.2, 0.25) is 0 Å². The van der Waals surface area contributed by atoms with Crippen LogP contribution < -0.4 is 4.74 Å². The number of hydrogen-bond donors (Lipinski definition) is 0. The van der Waals surface area contributed by atoms with Crippen molar-refractivity contribution in [3.63, 3.8) is 0 Å². The fourth-order valence-electron chi connectivity index (χ4n) is 3.36. The second-order valence-electron chi connectivity index (χ2n) is 8.02. The molecule has 1 aliphatic rings. The first-order chi connectivity index (χ1) is 11.5. The van der Waals surface area contributed by atoms with Crippen LogP contribution in [0.25, 0.3) is 0 Å². The monoisotopic (exact) mass is 332 g/mol. The summed E-state index contributed by atoms with van der Waals surface area (Å²) in [4.78, 5) is 0. The standard InChI is InChI=1S/C22H36O2/c1-6-22(23-15-19-9-7-17(4)8-10-19)24-21-13-11-20(12-14-21)18(5)16(2)3/h11-14,16-19,22H,6-10,15H2,1-5H3. The van der Waals surface area contributed by atoms with Crippen molar-refractivity contribution in [2.45, 2.75) is 78.9 Å². The Labute approximate surface area is 148 Å². The molecule has 0 N–H and O–H groups in total. The van der Waals surface area contributed by atoms with Crippen LogP contribution in [-0.2, 0) is 4.74 Å². The second kappa shape index (κ2) is 9.46. The van der Waals surface area contributed by atoms with E-state index in [0.717, 1.165) is 24.7 Å². The van der Waals surface area contributed by atoms with Gasteiger partial charge >= 0.3 is 0 Å². The average molecular weight is 333 g/mol. The Morgan fingerprint density at radius 3 is 2.17 bits per heavy atom. The minimum absolute atomic E-state index is 0.127. The first-order valence-corrected chi connectivity index (χ1v) is 9.87. The van der Waals surface area contributed by atoms with Gasteiger partial charge in [-0.05, 0) is 54.2 Å². The molecule has 24 heavy (non-hydrogen) atoms.